The third-order valence-electron chi connectivity index (χ3n) is 1.74. The molecule has 0 bridgehead atoms. The zero-order valence-corrected chi connectivity index (χ0v) is 9.17. The van der Waals surface area contributed by atoms with Crippen LogP contribution in [0.1, 0.15) is 12.5 Å². The molecular weight excluding hydrogens is 216 g/mol. The van der Waals surface area contributed by atoms with Crippen molar-refractivity contribution >= 4 is 17.4 Å². The third kappa shape index (κ3) is 3.42. The quantitative estimate of drug-likeness (QED) is 0.351. The molecule has 5 heteroatoms. The van der Waals surface area contributed by atoms with Gasteiger partial charge in [-0.25, -0.2) is 0 Å². The van der Waals surface area contributed by atoms with Crippen LogP contribution < -0.4 is 10.5 Å². The molecule has 1 aromatic rings. The Balaban J connectivity index is 2.82. The predicted octanol–water partition coefficient (Wildman–Crippen LogP) is 2.00. The summed E-state index contributed by atoms with van der Waals surface area (Å²) in [7, 11) is 0. The van der Waals surface area contributed by atoms with E-state index in [4.69, 9.17) is 32.2 Å². The number of ether oxygens (including phenoxy) is 2. The number of benzene rings is 1. The Bertz CT molecular complexity index is 355. The van der Waals surface area contributed by atoms with Gasteiger partial charge in [-0.2, -0.15) is 0 Å². The van der Waals surface area contributed by atoms with E-state index in [1.807, 2.05) is 6.92 Å². The Labute approximate surface area is 93.4 Å². The Kier molecular flexibility index (Phi) is 4.39. The fourth-order valence-corrected chi connectivity index (χ4v) is 1.19. The highest BCUT2D eigenvalue weighted by atomic mass is 35.5. The Morgan fingerprint density at radius 3 is 2.87 bits per heavy atom. The van der Waals surface area contributed by atoms with E-state index in [1.54, 1.807) is 18.2 Å². The van der Waals surface area contributed by atoms with Gasteiger partial charge in [0.1, 0.15) is 11.6 Å². The number of hydrogen-bond donors (Lipinski definition) is 2. The molecule has 0 spiro atoms. The lowest BCUT2D eigenvalue weighted by molar-refractivity contribution is 0.0223. The average molecular weight is 229 g/mol. The van der Waals surface area contributed by atoms with Gasteiger partial charge in [0.15, 0.2) is 6.79 Å². The molecule has 0 saturated heterocycles. The summed E-state index contributed by atoms with van der Waals surface area (Å²) in [5, 5.41) is 7.87. The van der Waals surface area contributed by atoms with Gasteiger partial charge in [-0.3, -0.25) is 5.41 Å². The smallest absolute Gasteiger partial charge is 0.189 e. The molecule has 0 amide bonds. The van der Waals surface area contributed by atoms with Gasteiger partial charge in [-0.15, -0.1) is 0 Å². The van der Waals surface area contributed by atoms with Gasteiger partial charge in [0.05, 0.1) is 5.56 Å². The summed E-state index contributed by atoms with van der Waals surface area (Å²) in [6.07, 6.45) is 0. The van der Waals surface area contributed by atoms with Crippen molar-refractivity contribution in [3.8, 4) is 5.75 Å². The van der Waals surface area contributed by atoms with Crippen molar-refractivity contribution < 1.29 is 9.47 Å². The highest BCUT2D eigenvalue weighted by Gasteiger charge is 2.07. The number of hydrogen-bond acceptors (Lipinski definition) is 3. The monoisotopic (exact) mass is 228 g/mol. The number of nitrogens with two attached hydrogens (primary N) is 1. The average Bonchev–Trinajstić information content (AvgIpc) is 2.18. The van der Waals surface area contributed by atoms with Crippen molar-refractivity contribution in [1.29, 1.82) is 5.41 Å². The molecule has 0 saturated carbocycles. The van der Waals surface area contributed by atoms with Crippen molar-refractivity contribution in [1.82, 2.24) is 0 Å². The molecule has 0 heterocycles. The van der Waals surface area contributed by atoms with Gasteiger partial charge in [0.25, 0.3) is 0 Å². The molecule has 0 aliphatic rings. The van der Waals surface area contributed by atoms with Crippen molar-refractivity contribution in [3.05, 3.63) is 28.8 Å². The minimum absolute atomic E-state index is 0.0573. The van der Waals surface area contributed by atoms with E-state index < -0.39 is 0 Å². The van der Waals surface area contributed by atoms with Crippen LogP contribution in [0.5, 0.6) is 5.75 Å². The van der Waals surface area contributed by atoms with Crippen LogP contribution in [0, 0.1) is 5.41 Å². The largest absolute Gasteiger partial charge is 0.467 e. The minimum atomic E-state index is -0.0573. The standard InChI is InChI=1S/C10H13ClN2O2/c1-2-14-6-15-9-5-7(11)3-4-8(9)10(12)13/h3-5H,2,6H2,1H3,(H3,12,13). The lowest BCUT2D eigenvalue weighted by Crippen LogP contribution is -2.14. The van der Waals surface area contributed by atoms with E-state index >= 15 is 0 Å². The lowest BCUT2D eigenvalue weighted by Gasteiger charge is -2.10. The summed E-state index contributed by atoms with van der Waals surface area (Å²) in [6.45, 7) is 2.56. The third-order valence-corrected chi connectivity index (χ3v) is 1.97. The van der Waals surface area contributed by atoms with E-state index in [0.717, 1.165) is 0 Å². The summed E-state index contributed by atoms with van der Waals surface area (Å²) in [5.74, 6) is 0.404. The molecule has 0 radical (unpaired) electrons. The van der Waals surface area contributed by atoms with Gasteiger partial charge >= 0.3 is 0 Å². The molecule has 0 unspecified atom stereocenters. The number of nitrogen functional groups attached to an aromatic ring is 1. The second kappa shape index (κ2) is 5.58. The van der Waals surface area contributed by atoms with Gasteiger partial charge in [0, 0.05) is 11.6 Å². The summed E-state index contributed by atoms with van der Waals surface area (Å²) in [4.78, 5) is 0. The van der Waals surface area contributed by atoms with Crippen molar-refractivity contribution in [2.24, 2.45) is 5.73 Å². The molecule has 82 valence electrons. The second-order valence-electron chi connectivity index (χ2n) is 2.81. The molecule has 0 aliphatic heterocycles. The topological polar surface area (TPSA) is 68.3 Å². The highest BCUT2D eigenvalue weighted by molar-refractivity contribution is 6.30. The van der Waals surface area contributed by atoms with E-state index in [9.17, 15) is 0 Å². The maximum absolute atomic E-state index is 7.34. The minimum Gasteiger partial charge on any atom is -0.467 e. The van der Waals surface area contributed by atoms with E-state index in [0.29, 0.717) is 22.9 Å². The van der Waals surface area contributed by atoms with Crippen LogP contribution in [-0.2, 0) is 4.74 Å². The van der Waals surface area contributed by atoms with Crippen molar-refractivity contribution in [3.63, 3.8) is 0 Å². The number of amidine groups is 1. The molecule has 0 fully saturated rings. The summed E-state index contributed by atoms with van der Waals surface area (Å²) < 4.78 is 10.3. The van der Waals surface area contributed by atoms with Crippen LogP contribution in [-0.4, -0.2) is 19.2 Å². The second-order valence-corrected chi connectivity index (χ2v) is 3.25. The van der Waals surface area contributed by atoms with Crippen LogP contribution in [0.3, 0.4) is 0 Å². The van der Waals surface area contributed by atoms with Crippen molar-refractivity contribution in [2.75, 3.05) is 13.4 Å². The fraction of sp³-hybridized carbons (Fsp3) is 0.300. The molecule has 3 N–H and O–H groups in total. The summed E-state index contributed by atoms with van der Waals surface area (Å²) in [5.41, 5.74) is 5.90. The zero-order valence-electron chi connectivity index (χ0n) is 8.42. The molecular formula is C10H13ClN2O2. The van der Waals surface area contributed by atoms with Crippen LogP contribution in [0.4, 0.5) is 0 Å². The van der Waals surface area contributed by atoms with Gasteiger partial charge in [0.2, 0.25) is 0 Å². The Hall–Kier alpha value is -1.26. The summed E-state index contributed by atoms with van der Waals surface area (Å²) in [6, 6.07) is 4.91. The molecule has 0 atom stereocenters. The first-order valence-corrected chi connectivity index (χ1v) is 4.87. The first-order valence-electron chi connectivity index (χ1n) is 4.49. The SMILES string of the molecule is CCOCOc1cc(Cl)ccc1C(=N)N. The number of halogens is 1. The van der Waals surface area contributed by atoms with E-state index in [2.05, 4.69) is 0 Å². The molecule has 4 nitrogen and oxygen atoms in total. The van der Waals surface area contributed by atoms with E-state index in [1.165, 1.54) is 0 Å². The van der Waals surface area contributed by atoms with Gasteiger partial charge in [-0.05, 0) is 25.1 Å². The predicted molar refractivity (Wildman–Crippen MR) is 59.6 cm³/mol. The van der Waals surface area contributed by atoms with Crippen LogP contribution in [0.25, 0.3) is 0 Å². The van der Waals surface area contributed by atoms with Gasteiger partial charge < -0.3 is 15.2 Å². The summed E-state index contributed by atoms with van der Waals surface area (Å²) >= 11 is 5.80. The molecule has 1 aromatic carbocycles. The zero-order chi connectivity index (χ0) is 11.3. The molecule has 0 aromatic heterocycles. The lowest BCUT2D eigenvalue weighted by atomic mass is 10.2. The van der Waals surface area contributed by atoms with Crippen LogP contribution in [0.2, 0.25) is 5.02 Å². The maximum atomic E-state index is 7.34. The van der Waals surface area contributed by atoms with Crippen molar-refractivity contribution in [2.45, 2.75) is 6.92 Å². The number of nitrogens with one attached hydrogen (secondary N) is 1. The number of rotatable bonds is 5. The Morgan fingerprint density at radius 2 is 2.27 bits per heavy atom. The first kappa shape index (κ1) is 11.8. The fourth-order valence-electron chi connectivity index (χ4n) is 1.03. The molecule has 1 rings (SSSR count). The Morgan fingerprint density at radius 1 is 1.53 bits per heavy atom. The van der Waals surface area contributed by atoms with Gasteiger partial charge in [-0.1, -0.05) is 11.6 Å². The molecule has 15 heavy (non-hydrogen) atoms. The van der Waals surface area contributed by atoms with E-state index in [-0.39, 0.29) is 12.6 Å². The highest BCUT2D eigenvalue weighted by Crippen LogP contribution is 2.22. The van der Waals surface area contributed by atoms with Crippen LogP contribution >= 0.6 is 11.6 Å². The molecule has 0 aliphatic carbocycles. The normalized spacial score (nSPS) is 10.0. The van der Waals surface area contributed by atoms with Crippen LogP contribution in [0.15, 0.2) is 18.2 Å². The maximum Gasteiger partial charge on any atom is 0.189 e. The first-order chi connectivity index (χ1) is 7.15.